The summed E-state index contributed by atoms with van der Waals surface area (Å²) in [7, 11) is 0. The molecule has 7 heteroatoms. The minimum atomic E-state index is -0.492. The number of hydrogen-bond acceptors (Lipinski definition) is 6. The molecule has 0 saturated heterocycles. The molecule has 3 aromatic carbocycles. The van der Waals surface area contributed by atoms with Crippen LogP contribution in [0.5, 0.6) is 5.75 Å². The Hall–Kier alpha value is -4.00. The summed E-state index contributed by atoms with van der Waals surface area (Å²) < 4.78 is 5.96. The molecule has 0 aliphatic carbocycles. The third kappa shape index (κ3) is 3.45. The van der Waals surface area contributed by atoms with E-state index in [4.69, 9.17) is 4.42 Å². The van der Waals surface area contributed by atoms with Crippen molar-refractivity contribution in [3.05, 3.63) is 87.5 Å². The summed E-state index contributed by atoms with van der Waals surface area (Å²) in [5, 5.41) is 21.5. The van der Waals surface area contributed by atoms with Crippen molar-refractivity contribution in [2.45, 2.75) is 13.8 Å². The maximum absolute atomic E-state index is 11.1. The number of fused-ring (bicyclic) bond motifs is 1. The minimum Gasteiger partial charge on any atom is -0.507 e. The van der Waals surface area contributed by atoms with Gasteiger partial charge in [0, 0.05) is 11.6 Å². The number of non-ortho nitro benzene ring substituents is 1. The molecule has 0 aliphatic heterocycles. The maximum Gasteiger partial charge on any atom is 0.273 e. The highest BCUT2D eigenvalue weighted by Crippen LogP contribution is 2.29. The molecule has 0 bridgehead atoms. The van der Waals surface area contributed by atoms with E-state index in [1.54, 1.807) is 24.3 Å². The van der Waals surface area contributed by atoms with Crippen LogP contribution in [0.4, 0.5) is 11.4 Å². The predicted molar refractivity (Wildman–Crippen MR) is 109 cm³/mol. The first-order valence-corrected chi connectivity index (χ1v) is 8.92. The molecule has 1 heterocycles. The second kappa shape index (κ2) is 7.20. The zero-order valence-corrected chi connectivity index (χ0v) is 15.8. The Labute approximate surface area is 165 Å². The van der Waals surface area contributed by atoms with Gasteiger partial charge in [-0.25, -0.2) is 9.98 Å². The number of rotatable bonds is 3. The Kier molecular flexibility index (Phi) is 4.56. The molecule has 0 spiro atoms. The Bertz CT molecular complexity index is 1310. The van der Waals surface area contributed by atoms with Gasteiger partial charge in [-0.3, -0.25) is 10.1 Å². The van der Waals surface area contributed by atoms with Gasteiger partial charge in [0.2, 0.25) is 5.55 Å². The van der Waals surface area contributed by atoms with Crippen molar-refractivity contribution >= 4 is 22.5 Å². The van der Waals surface area contributed by atoms with Crippen molar-refractivity contribution in [3.8, 4) is 17.0 Å². The van der Waals surface area contributed by atoms with Gasteiger partial charge in [0.1, 0.15) is 17.0 Å². The summed E-state index contributed by atoms with van der Waals surface area (Å²) in [6.45, 7) is 3.87. The molecule has 1 N–H and O–H groups in total. The summed E-state index contributed by atoms with van der Waals surface area (Å²) in [6, 6.07) is 16.8. The second-order valence-corrected chi connectivity index (χ2v) is 6.65. The largest absolute Gasteiger partial charge is 0.507 e. The smallest absolute Gasteiger partial charge is 0.273 e. The third-order valence-electron chi connectivity index (χ3n) is 4.61. The van der Waals surface area contributed by atoms with E-state index in [0.717, 1.165) is 16.8 Å². The Morgan fingerprint density at radius 2 is 1.76 bits per heavy atom. The van der Waals surface area contributed by atoms with Crippen LogP contribution in [0.15, 0.2) is 70.1 Å². The summed E-state index contributed by atoms with van der Waals surface area (Å²) in [6.07, 6.45) is 0. The number of aryl methyl sites for hydroxylation is 2. The number of nitrogens with zero attached hydrogens (tertiary/aromatic N) is 3. The van der Waals surface area contributed by atoms with E-state index in [1.807, 2.05) is 32.0 Å². The van der Waals surface area contributed by atoms with Crippen molar-refractivity contribution < 1.29 is 14.4 Å². The van der Waals surface area contributed by atoms with Crippen LogP contribution in [-0.4, -0.2) is 15.0 Å². The first-order chi connectivity index (χ1) is 13.9. The molecule has 7 nitrogen and oxygen atoms in total. The summed E-state index contributed by atoms with van der Waals surface area (Å²) >= 11 is 0. The van der Waals surface area contributed by atoms with Crippen LogP contribution in [0.25, 0.3) is 22.4 Å². The molecule has 29 heavy (non-hydrogen) atoms. The van der Waals surface area contributed by atoms with Crippen molar-refractivity contribution in [2.24, 2.45) is 4.99 Å². The van der Waals surface area contributed by atoms with Gasteiger partial charge in [-0.1, -0.05) is 30.3 Å². The normalized spacial score (nSPS) is 11.7. The van der Waals surface area contributed by atoms with Crippen LogP contribution in [0.2, 0.25) is 0 Å². The van der Waals surface area contributed by atoms with Crippen LogP contribution in [0, 0.1) is 24.0 Å². The zero-order valence-electron chi connectivity index (χ0n) is 15.8. The fourth-order valence-electron chi connectivity index (χ4n) is 3.12. The number of phenolic OH excluding ortho intramolecular Hbond substituents is 1. The Morgan fingerprint density at radius 3 is 2.45 bits per heavy atom. The SMILES string of the molecule is Cc1cccc(C)c1N=c1oc2cc([N+](=O)[O-])ccc2nc1-c1ccccc1O. The quantitative estimate of drug-likeness (QED) is 0.395. The lowest BCUT2D eigenvalue weighted by Crippen LogP contribution is -2.09. The average molecular weight is 387 g/mol. The fraction of sp³-hybridized carbons (Fsp3) is 0.0909. The lowest BCUT2D eigenvalue weighted by Gasteiger charge is -2.08. The van der Waals surface area contributed by atoms with E-state index < -0.39 is 4.92 Å². The van der Waals surface area contributed by atoms with Gasteiger partial charge in [-0.05, 0) is 43.2 Å². The molecule has 4 aromatic rings. The van der Waals surface area contributed by atoms with E-state index in [0.29, 0.717) is 16.8 Å². The monoisotopic (exact) mass is 387 g/mol. The number of phenols is 1. The van der Waals surface area contributed by atoms with Gasteiger partial charge in [0.05, 0.1) is 16.7 Å². The maximum atomic E-state index is 11.1. The lowest BCUT2D eigenvalue weighted by atomic mass is 10.1. The molecule has 0 radical (unpaired) electrons. The molecule has 4 rings (SSSR count). The van der Waals surface area contributed by atoms with Crippen LogP contribution >= 0.6 is 0 Å². The topological polar surface area (TPSA) is 102 Å². The lowest BCUT2D eigenvalue weighted by molar-refractivity contribution is -0.384. The third-order valence-corrected chi connectivity index (χ3v) is 4.61. The Balaban J connectivity index is 2.09. The Morgan fingerprint density at radius 1 is 1.03 bits per heavy atom. The van der Waals surface area contributed by atoms with Crippen molar-refractivity contribution in [1.29, 1.82) is 0 Å². The van der Waals surface area contributed by atoms with Gasteiger partial charge in [-0.2, -0.15) is 0 Å². The number of hydrogen-bond donors (Lipinski definition) is 1. The van der Waals surface area contributed by atoms with Gasteiger partial charge in [0.25, 0.3) is 5.69 Å². The number of para-hydroxylation sites is 2. The van der Waals surface area contributed by atoms with E-state index in [2.05, 4.69) is 9.98 Å². The highest BCUT2D eigenvalue weighted by Gasteiger charge is 2.15. The zero-order chi connectivity index (χ0) is 20.5. The number of nitro groups is 1. The number of aromatic nitrogens is 1. The van der Waals surface area contributed by atoms with E-state index in [-0.39, 0.29) is 22.6 Å². The molecule has 0 fully saturated rings. The van der Waals surface area contributed by atoms with Crippen LogP contribution < -0.4 is 5.55 Å². The van der Waals surface area contributed by atoms with Gasteiger partial charge < -0.3 is 9.52 Å². The summed E-state index contributed by atoms with van der Waals surface area (Å²) in [5.74, 6) is 0.0365. The van der Waals surface area contributed by atoms with Crippen LogP contribution in [-0.2, 0) is 0 Å². The molecule has 1 aromatic heterocycles. The summed E-state index contributed by atoms with van der Waals surface area (Å²) in [5.41, 5.74) is 4.16. The first-order valence-electron chi connectivity index (χ1n) is 8.92. The van der Waals surface area contributed by atoms with Crippen molar-refractivity contribution in [3.63, 3.8) is 0 Å². The molecule has 0 unspecified atom stereocenters. The van der Waals surface area contributed by atoms with Gasteiger partial charge >= 0.3 is 0 Å². The van der Waals surface area contributed by atoms with E-state index >= 15 is 0 Å². The number of benzene rings is 3. The summed E-state index contributed by atoms with van der Waals surface area (Å²) in [4.78, 5) is 19.9. The molecule has 0 amide bonds. The highest BCUT2D eigenvalue weighted by molar-refractivity contribution is 5.78. The average Bonchev–Trinajstić information content (AvgIpc) is 2.70. The van der Waals surface area contributed by atoms with E-state index in [1.165, 1.54) is 18.2 Å². The molecule has 0 atom stereocenters. The van der Waals surface area contributed by atoms with Crippen molar-refractivity contribution in [2.75, 3.05) is 0 Å². The van der Waals surface area contributed by atoms with Gasteiger partial charge in [0.15, 0.2) is 5.58 Å². The minimum absolute atomic E-state index is 0.0365. The molecular formula is C22H17N3O4. The van der Waals surface area contributed by atoms with Crippen LogP contribution in [0.3, 0.4) is 0 Å². The second-order valence-electron chi connectivity index (χ2n) is 6.65. The standard InChI is InChI=1S/C22H17N3O4/c1-13-6-5-7-14(2)20(13)24-22-21(16-8-3-4-9-18(16)26)23-17-11-10-15(25(27)28)12-19(17)29-22/h3-12,26H,1-2H3. The highest BCUT2D eigenvalue weighted by atomic mass is 16.6. The molecule has 144 valence electrons. The molecule has 0 aliphatic rings. The van der Waals surface area contributed by atoms with Gasteiger partial charge in [-0.15, -0.1) is 0 Å². The predicted octanol–water partition coefficient (Wildman–Crippen LogP) is 4.96. The fourth-order valence-corrected chi connectivity index (χ4v) is 3.12. The first kappa shape index (κ1) is 18.4. The number of nitro benzene ring substituents is 1. The van der Waals surface area contributed by atoms with E-state index in [9.17, 15) is 15.2 Å². The van der Waals surface area contributed by atoms with Crippen LogP contribution in [0.1, 0.15) is 11.1 Å². The molecule has 0 saturated carbocycles. The molecular weight excluding hydrogens is 370 g/mol. The van der Waals surface area contributed by atoms with Crippen molar-refractivity contribution in [1.82, 2.24) is 4.98 Å². The number of aromatic hydroxyl groups is 1.